The Morgan fingerprint density at radius 3 is 1.92 bits per heavy atom. The van der Waals surface area contributed by atoms with Crippen LogP contribution in [0.1, 0.15) is 27.7 Å². The number of aliphatic imine (C=N–C) groups is 1. The quantitative estimate of drug-likeness (QED) is 0.566. The fourth-order valence-corrected chi connectivity index (χ4v) is 0.464. The molecule has 0 unspecified atom stereocenters. The second kappa shape index (κ2) is 4.91. The summed E-state index contributed by atoms with van der Waals surface area (Å²) in [4.78, 5) is 4.23. The average Bonchev–Trinajstić information content (AvgIpc) is 1.98. The smallest absolute Gasteiger partial charge is 0.0357 e. The molecular formula is C11H19N. The fourth-order valence-electron chi connectivity index (χ4n) is 0.464. The summed E-state index contributed by atoms with van der Waals surface area (Å²) >= 11 is 0. The Morgan fingerprint density at radius 1 is 1.08 bits per heavy atom. The van der Waals surface area contributed by atoms with Gasteiger partial charge in [-0.2, -0.15) is 0 Å². The third-order valence-electron chi connectivity index (χ3n) is 1.80. The van der Waals surface area contributed by atoms with Gasteiger partial charge >= 0.3 is 0 Å². The molecule has 0 radical (unpaired) electrons. The molecule has 0 rings (SSSR count). The van der Waals surface area contributed by atoms with E-state index in [1.54, 1.807) is 0 Å². The van der Waals surface area contributed by atoms with Crippen molar-refractivity contribution in [1.82, 2.24) is 0 Å². The first kappa shape index (κ1) is 11.2. The molecule has 0 N–H and O–H groups in total. The van der Waals surface area contributed by atoms with E-state index in [-0.39, 0.29) is 0 Å². The summed E-state index contributed by atoms with van der Waals surface area (Å²) in [5.41, 5.74) is 1.97. The summed E-state index contributed by atoms with van der Waals surface area (Å²) < 4.78 is 0. The molecule has 1 heteroatoms. The number of nitrogens with zero attached hydrogens (tertiary/aromatic N) is 1. The van der Waals surface area contributed by atoms with Crippen LogP contribution in [0.25, 0.3) is 0 Å². The first-order valence-corrected chi connectivity index (χ1v) is 4.36. The highest BCUT2D eigenvalue weighted by molar-refractivity contribution is 5.78. The molecule has 0 aliphatic rings. The third-order valence-corrected chi connectivity index (χ3v) is 1.80. The van der Waals surface area contributed by atoms with Gasteiger partial charge in [-0.1, -0.05) is 40.9 Å². The van der Waals surface area contributed by atoms with Gasteiger partial charge in [0, 0.05) is 11.9 Å². The van der Waals surface area contributed by atoms with E-state index in [0.717, 1.165) is 11.3 Å². The van der Waals surface area contributed by atoms with Crippen LogP contribution in [0.4, 0.5) is 0 Å². The summed E-state index contributed by atoms with van der Waals surface area (Å²) in [6.45, 7) is 16.1. The Bertz CT molecular complexity index is 175. The predicted molar refractivity (Wildman–Crippen MR) is 56.4 cm³/mol. The second-order valence-electron chi connectivity index (χ2n) is 3.63. The Balaban J connectivity index is 4.08. The van der Waals surface area contributed by atoms with Crippen molar-refractivity contribution >= 4 is 6.21 Å². The van der Waals surface area contributed by atoms with Crippen LogP contribution in [0.3, 0.4) is 0 Å². The van der Waals surface area contributed by atoms with Crippen LogP contribution in [-0.2, 0) is 0 Å². The lowest BCUT2D eigenvalue weighted by atomic mass is 10.1. The van der Waals surface area contributed by atoms with E-state index in [0.29, 0.717) is 11.8 Å². The van der Waals surface area contributed by atoms with Gasteiger partial charge in [-0.3, -0.25) is 4.99 Å². The molecular weight excluding hydrogens is 146 g/mol. The van der Waals surface area contributed by atoms with Crippen LogP contribution in [0.2, 0.25) is 0 Å². The second-order valence-corrected chi connectivity index (χ2v) is 3.63. The normalized spacial score (nSPS) is 11.5. The Kier molecular flexibility index (Phi) is 4.57. The molecule has 0 saturated carbocycles. The van der Waals surface area contributed by atoms with E-state index >= 15 is 0 Å². The maximum Gasteiger partial charge on any atom is 0.0357 e. The largest absolute Gasteiger partial charge is 0.261 e. The zero-order chi connectivity index (χ0) is 9.72. The van der Waals surface area contributed by atoms with Crippen LogP contribution in [0, 0.1) is 11.8 Å². The van der Waals surface area contributed by atoms with Gasteiger partial charge in [0.05, 0.1) is 0 Å². The van der Waals surface area contributed by atoms with Crippen LogP contribution in [-0.4, -0.2) is 6.21 Å². The highest BCUT2D eigenvalue weighted by Gasteiger charge is 1.98. The Labute approximate surface area is 75.9 Å². The van der Waals surface area contributed by atoms with Gasteiger partial charge in [-0.05, 0) is 17.4 Å². The summed E-state index contributed by atoms with van der Waals surface area (Å²) in [5, 5.41) is 0. The minimum Gasteiger partial charge on any atom is -0.261 e. The molecule has 0 amide bonds. The van der Waals surface area contributed by atoms with E-state index in [4.69, 9.17) is 0 Å². The summed E-state index contributed by atoms with van der Waals surface area (Å²) in [5.74, 6) is 0.884. The third kappa shape index (κ3) is 4.12. The minimum atomic E-state index is 0.418. The number of hydrogen-bond donors (Lipinski definition) is 0. The summed E-state index contributed by atoms with van der Waals surface area (Å²) in [6, 6.07) is 0. The lowest BCUT2D eigenvalue weighted by Crippen LogP contribution is -1.95. The van der Waals surface area contributed by atoms with E-state index in [2.05, 4.69) is 45.8 Å². The molecule has 12 heavy (non-hydrogen) atoms. The van der Waals surface area contributed by atoms with E-state index in [1.165, 1.54) is 0 Å². The van der Waals surface area contributed by atoms with Crippen molar-refractivity contribution in [3.63, 3.8) is 0 Å². The maximum absolute atomic E-state index is 4.23. The molecule has 0 fully saturated rings. The highest BCUT2D eigenvalue weighted by Crippen LogP contribution is 2.09. The van der Waals surface area contributed by atoms with E-state index < -0.39 is 0 Å². The van der Waals surface area contributed by atoms with Crippen molar-refractivity contribution in [2.75, 3.05) is 0 Å². The van der Waals surface area contributed by atoms with Gasteiger partial charge < -0.3 is 0 Å². The lowest BCUT2D eigenvalue weighted by Gasteiger charge is -2.05. The number of rotatable bonds is 4. The highest BCUT2D eigenvalue weighted by atomic mass is 14.7. The SMILES string of the molecule is C=C(C=NC(=C)C(C)C)C(C)C. The fraction of sp³-hybridized carbons (Fsp3) is 0.545. The predicted octanol–water partition coefficient (Wildman–Crippen LogP) is 3.44. The molecule has 0 saturated heterocycles. The average molecular weight is 165 g/mol. The summed E-state index contributed by atoms with van der Waals surface area (Å²) in [7, 11) is 0. The molecule has 68 valence electrons. The lowest BCUT2D eigenvalue weighted by molar-refractivity contribution is 0.760. The molecule has 0 spiro atoms. The Hall–Kier alpha value is -0.850. The van der Waals surface area contributed by atoms with Gasteiger partial charge in [0.25, 0.3) is 0 Å². The van der Waals surface area contributed by atoms with Crippen molar-refractivity contribution in [3.8, 4) is 0 Å². The zero-order valence-electron chi connectivity index (χ0n) is 8.59. The van der Waals surface area contributed by atoms with Gasteiger partial charge in [-0.15, -0.1) is 0 Å². The van der Waals surface area contributed by atoms with Crippen LogP contribution in [0.15, 0.2) is 29.4 Å². The maximum atomic E-state index is 4.23. The van der Waals surface area contributed by atoms with E-state index in [9.17, 15) is 0 Å². The van der Waals surface area contributed by atoms with Crippen molar-refractivity contribution < 1.29 is 0 Å². The zero-order valence-corrected chi connectivity index (χ0v) is 8.59. The molecule has 0 aromatic heterocycles. The molecule has 0 atom stereocenters. The van der Waals surface area contributed by atoms with Crippen LogP contribution >= 0.6 is 0 Å². The van der Waals surface area contributed by atoms with Gasteiger partial charge in [-0.25, -0.2) is 0 Å². The summed E-state index contributed by atoms with van der Waals surface area (Å²) in [6.07, 6.45) is 1.81. The van der Waals surface area contributed by atoms with Crippen molar-refractivity contribution in [2.45, 2.75) is 27.7 Å². The van der Waals surface area contributed by atoms with Crippen molar-refractivity contribution in [1.29, 1.82) is 0 Å². The standard InChI is InChI=1S/C11H19N/c1-8(2)10(5)7-12-11(6)9(3)4/h7-9H,5-6H2,1-4H3. The monoisotopic (exact) mass is 165 g/mol. The van der Waals surface area contributed by atoms with Crippen LogP contribution in [0.5, 0.6) is 0 Å². The first-order valence-electron chi connectivity index (χ1n) is 4.36. The van der Waals surface area contributed by atoms with Crippen molar-refractivity contribution in [2.24, 2.45) is 16.8 Å². The van der Waals surface area contributed by atoms with Gasteiger partial charge in [0.1, 0.15) is 0 Å². The molecule has 0 aromatic rings. The van der Waals surface area contributed by atoms with Crippen molar-refractivity contribution in [3.05, 3.63) is 24.4 Å². The Morgan fingerprint density at radius 2 is 1.58 bits per heavy atom. The molecule has 1 nitrogen and oxygen atoms in total. The molecule has 0 bridgehead atoms. The van der Waals surface area contributed by atoms with Gasteiger partial charge in [0.2, 0.25) is 0 Å². The molecule has 0 aliphatic carbocycles. The van der Waals surface area contributed by atoms with Gasteiger partial charge in [0.15, 0.2) is 0 Å². The number of allylic oxidation sites excluding steroid dienone is 2. The first-order chi connectivity index (χ1) is 5.45. The molecule has 0 aromatic carbocycles. The minimum absolute atomic E-state index is 0.418. The van der Waals surface area contributed by atoms with E-state index in [1.807, 2.05) is 6.21 Å². The topological polar surface area (TPSA) is 12.4 Å². The van der Waals surface area contributed by atoms with Crippen LogP contribution < -0.4 is 0 Å². The molecule has 0 heterocycles. The molecule has 0 aliphatic heterocycles. The number of hydrogen-bond acceptors (Lipinski definition) is 1.